The molecule has 5 atom stereocenters. The molecule has 0 radical (unpaired) electrons. The highest BCUT2D eigenvalue weighted by Gasteiger charge is 2.44. The van der Waals surface area contributed by atoms with Crippen molar-refractivity contribution in [2.45, 2.75) is 37.6 Å². The molecule has 0 saturated carbocycles. The smallest absolute Gasteiger partial charge is 0.229 e. The Balaban J connectivity index is 1.53. The van der Waals surface area contributed by atoms with Gasteiger partial charge in [0.15, 0.2) is 0 Å². The van der Waals surface area contributed by atoms with Crippen LogP contribution in [0.4, 0.5) is 5.69 Å². The first-order valence-electron chi connectivity index (χ1n) is 9.74. The minimum atomic E-state index is -1.51. The van der Waals surface area contributed by atoms with Crippen LogP contribution in [0.15, 0.2) is 48.7 Å². The third-order valence-electron chi connectivity index (χ3n) is 5.24. The molecular weight excluding hydrogens is 404 g/mol. The molecule has 31 heavy (non-hydrogen) atoms. The van der Waals surface area contributed by atoms with E-state index in [1.54, 1.807) is 36.0 Å². The SMILES string of the molecule is Cc1cc(-n2cc(-c3ccccc3N)nn2)ccc1O[C@H]1O[C@H](CO)[C@@H](O)[C@H](O)[C@@H]1O. The first-order valence-corrected chi connectivity index (χ1v) is 9.74. The Morgan fingerprint density at radius 1 is 1.10 bits per heavy atom. The van der Waals surface area contributed by atoms with E-state index in [1.165, 1.54) is 0 Å². The first-order chi connectivity index (χ1) is 14.9. The number of anilines is 1. The van der Waals surface area contributed by atoms with Gasteiger partial charge in [-0.3, -0.25) is 0 Å². The average Bonchev–Trinajstić information content (AvgIpc) is 3.25. The lowest BCUT2D eigenvalue weighted by Gasteiger charge is -2.39. The zero-order chi connectivity index (χ0) is 22.1. The second kappa shape index (κ2) is 8.61. The number of aliphatic hydroxyl groups excluding tert-OH is 4. The van der Waals surface area contributed by atoms with Crippen LogP contribution < -0.4 is 10.5 Å². The van der Waals surface area contributed by atoms with Crippen LogP contribution in [0.2, 0.25) is 0 Å². The van der Waals surface area contributed by atoms with Gasteiger partial charge in [0.25, 0.3) is 0 Å². The molecule has 6 N–H and O–H groups in total. The Morgan fingerprint density at radius 2 is 1.87 bits per heavy atom. The van der Waals surface area contributed by atoms with Gasteiger partial charge in [0, 0.05) is 11.3 Å². The highest BCUT2D eigenvalue weighted by atomic mass is 16.7. The van der Waals surface area contributed by atoms with Gasteiger partial charge in [-0.15, -0.1) is 5.10 Å². The molecule has 164 valence electrons. The fourth-order valence-corrected chi connectivity index (χ4v) is 3.44. The maximum absolute atomic E-state index is 10.2. The molecule has 1 aliphatic rings. The van der Waals surface area contributed by atoms with Crippen molar-refractivity contribution in [1.29, 1.82) is 0 Å². The Labute approximate surface area is 178 Å². The highest BCUT2D eigenvalue weighted by molar-refractivity contribution is 5.73. The van der Waals surface area contributed by atoms with Crippen LogP contribution in [0.1, 0.15) is 5.56 Å². The summed E-state index contributed by atoms with van der Waals surface area (Å²) >= 11 is 0. The number of aryl methyl sites for hydroxylation is 1. The van der Waals surface area contributed by atoms with Crippen molar-refractivity contribution >= 4 is 5.69 Å². The second-order valence-electron chi connectivity index (χ2n) is 7.40. The molecule has 0 spiro atoms. The summed E-state index contributed by atoms with van der Waals surface area (Å²) in [4.78, 5) is 0. The molecule has 0 amide bonds. The largest absolute Gasteiger partial charge is 0.462 e. The van der Waals surface area contributed by atoms with Crippen molar-refractivity contribution in [3.05, 3.63) is 54.2 Å². The molecule has 2 aromatic carbocycles. The van der Waals surface area contributed by atoms with Gasteiger partial charge < -0.3 is 35.6 Å². The van der Waals surface area contributed by atoms with E-state index < -0.39 is 37.3 Å². The van der Waals surface area contributed by atoms with E-state index in [2.05, 4.69) is 10.3 Å². The maximum atomic E-state index is 10.2. The van der Waals surface area contributed by atoms with Crippen LogP contribution in [-0.2, 0) is 4.74 Å². The number of para-hydroxylation sites is 1. The molecular formula is C21H24N4O6. The number of nitrogen functional groups attached to an aromatic ring is 1. The van der Waals surface area contributed by atoms with Crippen molar-refractivity contribution in [3.8, 4) is 22.7 Å². The van der Waals surface area contributed by atoms with Gasteiger partial charge in [0.05, 0.1) is 18.5 Å². The fraction of sp³-hybridized carbons (Fsp3) is 0.333. The van der Waals surface area contributed by atoms with Gasteiger partial charge in [0.2, 0.25) is 6.29 Å². The molecule has 0 bridgehead atoms. The summed E-state index contributed by atoms with van der Waals surface area (Å²) in [7, 11) is 0. The molecule has 3 aromatic rings. The molecule has 0 unspecified atom stereocenters. The Morgan fingerprint density at radius 3 is 2.58 bits per heavy atom. The van der Waals surface area contributed by atoms with E-state index in [4.69, 9.17) is 15.2 Å². The fourth-order valence-electron chi connectivity index (χ4n) is 3.44. The van der Waals surface area contributed by atoms with Crippen molar-refractivity contribution in [2.75, 3.05) is 12.3 Å². The number of hydrogen-bond donors (Lipinski definition) is 5. The lowest BCUT2D eigenvalue weighted by atomic mass is 9.99. The van der Waals surface area contributed by atoms with Crippen molar-refractivity contribution in [1.82, 2.24) is 15.0 Å². The minimum absolute atomic E-state index is 0.403. The number of ether oxygens (including phenoxy) is 2. The van der Waals surface area contributed by atoms with Gasteiger partial charge in [-0.25, -0.2) is 4.68 Å². The number of benzene rings is 2. The molecule has 1 saturated heterocycles. The summed E-state index contributed by atoms with van der Waals surface area (Å²) in [5, 5.41) is 47.6. The summed E-state index contributed by atoms with van der Waals surface area (Å²) in [5.74, 6) is 0.403. The Bertz CT molecular complexity index is 1060. The van der Waals surface area contributed by atoms with Crippen LogP contribution in [0.3, 0.4) is 0 Å². The summed E-state index contributed by atoms with van der Waals surface area (Å²) in [5.41, 5.74) is 9.48. The number of hydrogen-bond acceptors (Lipinski definition) is 9. The molecule has 4 rings (SSSR count). The predicted molar refractivity (Wildman–Crippen MR) is 110 cm³/mol. The Hall–Kier alpha value is -3.02. The van der Waals surface area contributed by atoms with E-state index in [1.807, 2.05) is 24.3 Å². The molecule has 2 heterocycles. The van der Waals surface area contributed by atoms with Crippen LogP contribution in [0.25, 0.3) is 16.9 Å². The van der Waals surface area contributed by atoms with E-state index in [0.717, 1.165) is 11.3 Å². The van der Waals surface area contributed by atoms with Crippen molar-refractivity contribution in [3.63, 3.8) is 0 Å². The van der Waals surface area contributed by atoms with Gasteiger partial charge in [-0.1, -0.05) is 23.4 Å². The van der Waals surface area contributed by atoms with Crippen molar-refractivity contribution < 1.29 is 29.9 Å². The normalized spacial score (nSPS) is 26.0. The molecule has 1 aromatic heterocycles. The third-order valence-corrected chi connectivity index (χ3v) is 5.24. The monoisotopic (exact) mass is 428 g/mol. The number of aromatic nitrogens is 3. The van der Waals surface area contributed by atoms with E-state index >= 15 is 0 Å². The minimum Gasteiger partial charge on any atom is -0.462 e. The topological polar surface area (TPSA) is 156 Å². The molecule has 10 heteroatoms. The summed E-state index contributed by atoms with van der Waals surface area (Å²) in [6.45, 7) is 1.28. The van der Waals surface area contributed by atoms with Crippen LogP contribution in [0, 0.1) is 6.92 Å². The van der Waals surface area contributed by atoms with Gasteiger partial charge >= 0.3 is 0 Å². The molecule has 1 fully saturated rings. The lowest BCUT2D eigenvalue weighted by molar-refractivity contribution is -0.277. The van der Waals surface area contributed by atoms with E-state index in [0.29, 0.717) is 22.7 Å². The van der Waals surface area contributed by atoms with Gasteiger partial charge in [-0.2, -0.15) is 0 Å². The maximum Gasteiger partial charge on any atom is 0.229 e. The highest BCUT2D eigenvalue weighted by Crippen LogP contribution is 2.28. The zero-order valence-electron chi connectivity index (χ0n) is 16.7. The summed E-state index contributed by atoms with van der Waals surface area (Å²) < 4.78 is 12.7. The van der Waals surface area contributed by atoms with Gasteiger partial charge in [-0.05, 0) is 36.8 Å². The standard InChI is InChI=1S/C21H24N4O6/c1-11-8-12(25-9-15(23-24-25)13-4-2-3-5-14(13)22)6-7-16(11)30-21-20(29)19(28)18(27)17(10-26)31-21/h2-9,17-21,26-29H,10,22H2,1H3/t17-,18-,19+,20+,21+/m1/s1. The first kappa shape index (κ1) is 21.2. The lowest BCUT2D eigenvalue weighted by Crippen LogP contribution is -2.60. The van der Waals surface area contributed by atoms with Crippen molar-refractivity contribution in [2.24, 2.45) is 0 Å². The van der Waals surface area contributed by atoms with Crippen LogP contribution in [0.5, 0.6) is 5.75 Å². The Kier molecular flexibility index (Phi) is 5.90. The quantitative estimate of drug-likeness (QED) is 0.353. The molecule has 0 aliphatic carbocycles. The summed E-state index contributed by atoms with van der Waals surface area (Å²) in [6.07, 6.45) is -4.95. The predicted octanol–water partition coefficient (Wildman–Crippen LogP) is 0.00362. The van der Waals surface area contributed by atoms with Crippen LogP contribution >= 0.6 is 0 Å². The zero-order valence-corrected chi connectivity index (χ0v) is 16.7. The average molecular weight is 428 g/mol. The third kappa shape index (κ3) is 4.11. The number of rotatable bonds is 5. The number of nitrogens with two attached hydrogens (primary N) is 1. The van der Waals surface area contributed by atoms with E-state index in [9.17, 15) is 20.4 Å². The second-order valence-corrected chi connectivity index (χ2v) is 7.40. The number of nitrogens with zero attached hydrogens (tertiary/aromatic N) is 3. The number of aliphatic hydroxyl groups is 4. The molecule has 1 aliphatic heterocycles. The van der Waals surface area contributed by atoms with Gasteiger partial charge in [0.1, 0.15) is 35.9 Å². The van der Waals surface area contributed by atoms with Crippen LogP contribution in [-0.4, -0.2) is 72.7 Å². The summed E-state index contributed by atoms with van der Waals surface area (Å²) in [6, 6.07) is 12.6. The molecule has 10 nitrogen and oxygen atoms in total. The van der Waals surface area contributed by atoms with E-state index in [-0.39, 0.29) is 0 Å².